The van der Waals surface area contributed by atoms with Crippen molar-refractivity contribution in [2.75, 3.05) is 30.7 Å². The molecule has 2 heterocycles. The van der Waals surface area contributed by atoms with Gasteiger partial charge in [0.05, 0.1) is 11.5 Å². The minimum Gasteiger partial charge on any atom is -0.325 e. The Hall–Kier alpha value is -1.96. The molecule has 2 aromatic rings. The van der Waals surface area contributed by atoms with Gasteiger partial charge in [-0.05, 0) is 49.7 Å². The highest BCUT2D eigenvalue weighted by Crippen LogP contribution is 2.35. The molecule has 0 atom stereocenters. The minimum absolute atomic E-state index is 0.0247. The first kappa shape index (κ1) is 23.2. The highest BCUT2D eigenvalue weighted by molar-refractivity contribution is 9.10. The molecule has 7 heteroatoms. The van der Waals surface area contributed by atoms with Gasteiger partial charge >= 0.3 is 0 Å². The van der Waals surface area contributed by atoms with E-state index in [4.69, 9.17) is 9.98 Å². The van der Waals surface area contributed by atoms with Gasteiger partial charge in [0.15, 0.2) is 5.66 Å². The van der Waals surface area contributed by atoms with Crippen LogP contribution in [0.5, 0.6) is 0 Å². The van der Waals surface area contributed by atoms with Crippen molar-refractivity contribution in [3.63, 3.8) is 0 Å². The van der Waals surface area contributed by atoms with Crippen molar-refractivity contribution in [3.8, 4) is 0 Å². The second kappa shape index (κ2) is 9.89. The van der Waals surface area contributed by atoms with Gasteiger partial charge in [0.1, 0.15) is 5.04 Å². The average molecular weight is 514 g/mol. The Kier molecular flexibility index (Phi) is 7.17. The van der Waals surface area contributed by atoms with Crippen LogP contribution >= 0.6 is 27.7 Å². The van der Waals surface area contributed by atoms with E-state index in [1.54, 1.807) is 0 Å². The molecule has 5 nitrogen and oxygen atoms in total. The summed E-state index contributed by atoms with van der Waals surface area (Å²) in [5.74, 6) is 0.280. The predicted octanol–water partition coefficient (Wildman–Crippen LogP) is 5.45. The lowest BCUT2D eigenvalue weighted by Gasteiger charge is -2.34. The maximum absolute atomic E-state index is 12.7. The zero-order valence-corrected chi connectivity index (χ0v) is 21.2. The highest BCUT2D eigenvalue weighted by atomic mass is 79.9. The van der Waals surface area contributed by atoms with Crippen LogP contribution in [0.3, 0.4) is 0 Å². The molecule has 2 aliphatic heterocycles. The van der Waals surface area contributed by atoms with E-state index in [0.717, 1.165) is 64.5 Å². The Morgan fingerprint density at radius 2 is 1.84 bits per heavy atom. The van der Waals surface area contributed by atoms with Crippen molar-refractivity contribution in [1.82, 2.24) is 4.90 Å². The van der Waals surface area contributed by atoms with Crippen molar-refractivity contribution < 1.29 is 4.79 Å². The Bertz CT molecular complexity index is 1060. The van der Waals surface area contributed by atoms with Gasteiger partial charge in [-0.3, -0.25) is 9.79 Å². The Morgan fingerprint density at radius 3 is 2.53 bits per heavy atom. The number of aliphatic imine (C=N–C) groups is 2. The van der Waals surface area contributed by atoms with Crippen molar-refractivity contribution >= 4 is 50.0 Å². The molecule has 1 N–H and O–H groups in total. The number of hydrogen-bond acceptors (Lipinski definition) is 5. The maximum atomic E-state index is 12.7. The summed E-state index contributed by atoms with van der Waals surface area (Å²) in [5.41, 5.74) is 4.70. The smallest absolute Gasteiger partial charge is 0.234 e. The van der Waals surface area contributed by atoms with E-state index >= 15 is 0 Å². The lowest BCUT2D eigenvalue weighted by atomic mass is 9.98. The van der Waals surface area contributed by atoms with Crippen LogP contribution in [0.4, 0.5) is 5.69 Å². The number of thioether (sulfide) groups is 1. The third kappa shape index (κ3) is 5.16. The molecule has 0 bridgehead atoms. The number of nitrogens with zero attached hydrogens (tertiary/aromatic N) is 3. The molecule has 1 amide bonds. The molecular formula is C25H29BrN4OS. The third-order valence-electron chi connectivity index (χ3n) is 6.27. The van der Waals surface area contributed by atoms with Gasteiger partial charge in [0.25, 0.3) is 0 Å². The van der Waals surface area contributed by atoms with Crippen LogP contribution in [0.15, 0.2) is 56.9 Å². The minimum atomic E-state index is -0.389. The van der Waals surface area contributed by atoms with Gasteiger partial charge in [0.2, 0.25) is 5.91 Å². The number of rotatable bonds is 5. The van der Waals surface area contributed by atoms with Gasteiger partial charge in [0, 0.05) is 41.7 Å². The van der Waals surface area contributed by atoms with Crippen LogP contribution in [0, 0.1) is 13.8 Å². The molecule has 0 saturated carbocycles. The number of anilines is 1. The fourth-order valence-corrected chi connectivity index (χ4v) is 5.22. The first-order valence-electron chi connectivity index (χ1n) is 11.1. The average Bonchev–Trinajstić information content (AvgIpc) is 3.14. The number of carbonyl (C=O) groups excluding carboxylic acids is 1. The molecule has 0 radical (unpaired) electrons. The van der Waals surface area contributed by atoms with Crippen molar-refractivity contribution in [2.24, 2.45) is 9.98 Å². The number of amides is 1. The monoisotopic (exact) mass is 512 g/mol. The standard InChI is InChI=1S/C25H29BrN4OS/c1-4-30-14-12-25(13-15-30)28-23(19-8-10-20(26)11-9-19)24(29-25)32-16-22(31)27-21-7-5-6-17(2)18(21)3/h5-11H,4,12-16H2,1-3H3,(H,27,31). The molecule has 0 aliphatic carbocycles. The van der Waals surface area contributed by atoms with Gasteiger partial charge in [-0.1, -0.05) is 58.9 Å². The second-order valence-corrected chi connectivity index (χ2v) is 10.3. The number of piperidine rings is 1. The Balaban J connectivity index is 1.51. The van der Waals surface area contributed by atoms with Gasteiger partial charge < -0.3 is 10.2 Å². The Labute approximate surface area is 202 Å². The summed E-state index contributed by atoms with van der Waals surface area (Å²) in [6, 6.07) is 14.2. The van der Waals surface area contributed by atoms with E-state index < -0.39 is 0 Å². The normalized spacial score (nSPS) is 17.9. The molecule has 4 rings (SSSR count). The van der Waals surface area contributed by atoms with E-state index in [1.165, 1.54) is 17.3 Å². The molecular weight excluding hydrogens is 484 g/mol. The second-order valence-electron chi connectivity index (χ2n) is 8.39. The van der Waals surface area contributed by atoms with Crippen LogP contribution in [0.1, 0.15) is 36.5 Å². The largest absolute Gasteiger partial charge is 0.325 e. The zero-order valence-electron chi connectivity index (χ0n) is 18.8. The molecule has 0 aromatic heterocycles. The third-order valence-corrected chi connectivity index (χ3v) is 7.77. The topological polar surface area (TPSA) is 57.1 Å². The predicted molar refractivity (Wildman–Crippen MR) is 139 cm³/mol. The first-order chi connectivity index (χ1) is 15.4. The number of benzene rings is 2. The molecule has 0 unspecified atom stereocenters. The maximum Gasteiger partial charge on any atom is 0.234 e. The quantitative estimate of drug-likeness (QED) is 0.579. The summed E-state index contributed by atoms with van der Waals surface area (Å²) in [4.78, 5) is 25.4. The zero-order chi connectivity index (χ0) is 22.7. The Morgan fingerprint density at radius 1 is 1.12 bits per heavy atom. The van der Waals surface area contributed by atoms with E-state index in [2.05, 4.69) is 58.2 Å². The molecule has 2 aromatic carbocycles. The summed E-state index contributed by atoms with van der Waals surface area (Å²) in [5, 5.41) is 3.92. The van der Waals surface area contributed by atoms with E-state index in [9.17, 15) is 4.79 Å². The molecule has 2 aliphatic rings. The van der Waals surface area contributed by atoms with Crippen molar-refractivity contribution in [1.29, 1.82) is 0 Å². The van der Waals surface area contributed by atoms with Crippen LogP contribution in [0.25, 0.3) is 0 Å². The molecule has 32 heavy (non-hydrogen) atoms. The number of halogens is 1. The molecule has 168 valence electrons. The SMILES string of the molecule is CCN1CCC2(CC1)N=C(SCC(=O)Nc1cccc(C)c1C)C(c1ccc(Br)cc1)=N2. The fraction of sp³-hybridized carbons (Fsp3) is 0.400. The van der Waals surface area contributed by atoms with E-state index in [0.29, 0.717) is 5.75 Å². The number of aryl methyl sites for hydroxylation is 1. The van der Waals surface area contributed by atoms with E-state index in [-0.39, 0.29) is 11.6 Å². The summed E-state index contributed by atoms with van der Waals surface area (Å²) >= 11 is 5.00. The van der Waals surface area contributed by atoms with Crippen molar-refractivity contribution in [2.45, 2.75) is 39.3 Å². The summed E-state index contributed by atoms with van der Waals surface area (Å²) in [7, 11) is 0. The summed E-state index contributed by atoms with van der Waals surface area (Å²) < 4.78 is 1.03. The van der Waals surface area contributed by atoms with Crippen LogP contribution in [-0.2, 0) is 4.79 Å². The lowest BCUT2D eigenvalue weighted by Crippen LogP contribution is -2.41. The number of carbonyl (C=O) groups is 1. The fourth-order valence-electron chi connectivity index (χ4n) is 4.08. The van der Waals surface area contributed by atoms with E-state index in [1.807, 2.05) is 31.2 Å². The van der Waals surface area contributed by atoms with Gasteiger partial charge in [-0.25, -0.2) is 4.99 Å². The molecule has 1 saturated heterocycles. The molecule has 1 fully saturated rings. The number of likely N-dealkylation sites (tertiary alicyclic amines) is 1. The number of nitrogens with one attached hydrogen (secondary N) is 1. The van der Waals surface area contributed by atoms with Crippen LogP contribution in [-0.4, -0.2) is 52.6 Å². The lowest BCUT2D eigenvalue weighted by molar-refractivity contribution is -0.113. The highest BCUT2D eigenvalue weighted by Gasteiger charge is 2.39. The first-order valence-corrected chi connectivity index (χ1v) is 12.8. The molecule has 1 spiro atoms. The van der Waals surface area contributed by atoms with Crippen LogP contribution < -0.4 is 5.32 Å². The number of hydrogen-bond donors (Lipinski definition) is 1. The summed E-state index contributed by atoms with van der Waals surface area (Å²) in [6.45, 7) is 9.34. The van der Waals surface area contributed by atoms with Gasteiger partial charge in [-0.15, -0.1) is 0 Å². The van der Waals surface area contributed by atoms with Gasteiger partial charge in [-0.2, -0.15) is 0 Å². The van der Waals surface area contributed by atoms with Crippen LogP contribution in [0.2, 0.25) is 0 Å². The summed E-state index contributed by atoms with van der Waals surface area (Å²) in [6.07, 6.45) is 1.83. The van der Waals surface area contributed by atoms with Crippen molar-refractivity contribution in [3.05, 3.63) is 63.6 Å².